The first-order valence-corrected chi connectivity index (χ1v) is 8.02. The molecule has 1 aromatic carbocycles. The third kappa shape index (κ3) is 4.32. The zero-order valence-electron chi connectivity index (χ0n) is 13.5. The fraction of sp³-hybridized carbons (Fsp3) is 0.412. The number of hydrogen-bond acceptors (Lipinski definition) is 6. The molecule has 23 heavy (non-hydrogen) atoms. The Labute approximate surface area is 136 Å². The van der Waals surface area contributed by atoms with Crippen molar-refractivity contribution in [3.05, 3.63) is 36.0 Å². The summed E-state index contributed by atoms with van der Waals surface area (Å²) in [5.41, 5.74) is 7.56. The molecule has 3 N–H and O–H groups in total. The number of nitrogens with two attached hydrogens (primary N) is 1. The first kappa shape index (κ1) is 15.6. The number of hydrogen-bond donors (Lipinski definition) is 2. The Morgan fingerprint density at radius 2 is 2.13 bits per heavy atom. The van der Waals surface area contributed by atoms with Gasteiger partial charge in [0.05, 0.1) is 0 Å². The molecule has 0 unspecified atom stereocenters. The van der Waals surface area contributed by atoms with E-state index in [2.05, 4.69) is 20.2 Å². The lowest BCUT2D eigenvalue weighted by Gasteiger charge is -2.15. The second-order valence-electron chi connectivity index (χ2n) is 5.81. The molecule has 1 aliphatic rings. The molecule has 6 nitrogen and oxygen atoms in total. The van der Waals surface area contributed by atoms with E-state index in [1.807, 2.05) is 31.2 Å². The highest BCUT2D eigenvalue weighted by molar-refractivity contribution is 5.57. The van der Waals surface area contributed by atoms with Gasteiger partial charge in [-0.2, -0.15) is 4.98 Å². The number of nitrogens with one attached hydrogen (secondary N) is 1. The summed E-state index contributed by atoms with van der Waals surface area (Å²) in [7, 11) is 0. The summed E-state index contributed by atoms with van der Waals surface area (Å²) in [4.78, 5) is 10.9. The summed E-state index contributed by atoms with van der Waals surface area (Å²) in [5.74, 6) is 1.82. The van der Waals surface area contributed by atoms with Gasteiger partial charge in [0.2, 0.25) is 5.95 Å². The maximum atomic E-state index is 5.84. The van der Waals surface area contributed by atoms with E-state index < -0.39 is 0 Å². The van der Waals surface area contributed by atoms with Crippen LogP contribution in [0.15, 0.2) is 30.5 Å². The van der Waals surface area contributed by atoms with Gasteiger partial charge in [-0.3, -0.25) is 4.90 Å². The minimum atomic E-state index is 0.487. The van der Waals surface area contributed by atoms with E-state index in [0.29, 0.717) is 18.4 Å². The summed E-state index contributed by atoms with van der Waals surface area (Å²) >= 11 is 0. The van der Waals surface area contributed by atoms with E-state index in [0.717, 1.165) is 23.5 Å². The van der Waals surface area contributed by atoms with Crippen molar-refractivity contribution in [3.63, 3.8) is 0 Å². The maximum Gasteiger partial charge on any atom is 0.229 e. The average Bonchev–Trinajstić information content (AvgIpc) is 3.05. The Hall–Kier alpha value is -2.34. The Balaban J connectivity index is 1.56. The number of nitrogen functional groups attached to an aromatic ring is 1. The fourth-order valence-corrected chi connectivity index (χ4v) is 2.61. The van der Waals surface area contributed by atoms with Gasteiger partial charge in [-0.1, -0.05) is 6.07 Å². The van der Waals surface area contributed by atoms with E-state index in [9.17, 15) is 0 Å². The van der Waals surface area contributed by atoms with Crippen LogP contribution in [-0.4, -0.2) is 41.1 Å². The third-order valence-corrected chi connectivity index (χ3v) is 3.98. The molecule has 1 aromatic heterocycles. The van der Waals surface area contributed by atoms with Crippen molar-refractivity contribution in [2.24, 2.45) is 0 Å². The molecule has 122 valence electrons. The van der Waals surface area contributed by atoms with Crippen molar-refractivity contribution < 1.29 is 4.74 Å². The smallest absolute Gasteiger partial charge is 0.229 e. The summed E-state index contributed by atoms with van der Waals surface area (Å²) in [6.45, 7) is 5.95. The minimum absolute atomic E-state index is 0.487. The molecule has 6 heteroatoms. The van der Waals surface area contributed by atoms with E-state index >= 15 is 0 Å². The molecule has 1 fully saturated rings. The fourth-order valence-electron chi connectivity index (χ4n) is 2.61. The lowest BCUT2D eigenvalue weighted by molar-refractivity contribution is 0.238. The van der Waals surface area contributed by atoms with Crippen molar-refractivity contribution in [1.29, 1.82) is 0 Å². The first-order chi connectivity index (χ1) is 11.2. The largest absolute Gasteiger partial charge is 0.492 e. The quantitative estimate of drug-likeness (QED) is 0.853. The predicted octanol–water partition coefficient (Wildman–Crippen LogP) is 2.59. The van der Waals surface area contributed by atoms with Crippen molar-refractivity contribution in [1.82, 2.24) is 14.9 Å². The van der Waals surface area contributed by atoms with Crippen molar-refractivity contribution in [2.45, 2.75) is 19.8 Å². The summed E-state index contributed by atoms with van der Waals surface area (Å²) < 4.78 is 5.84. The van der Waals surface area contributed by atoms with Crippen molar-refractivity contribution in [2.75, 3.05) is 37.3 Å². The number of rotatable bonds is 6. The minimum Gasteiger partial charge on any atom is -0.492 e. The van der Waals surface area contributed by atoms with Crippen LogP contribution in [0.25, 0.3) is 0 Å². The lowest BCUT2D eigenvalue weighted by atomic mass is 10.3. The maximum absolute atomic E-state index is 5.84. The molecule has 0 spiro atoms. The van der Waals surface area contributed by atoms with Crippen LogP contribution in [0.1, 0.15) is 18.4 Å². The van der Waals surface area contributed by atoms with Crippen LogP contribution in [0.5, 0.6) is 5.75 Å². The van der Waals surface area contributed by atoms with Gasteiger partial charge in [0.15, 0.2) is 0 Å². The molecule has 3 rings (SSSR count). The summed E-state index contributed by atoms with van der Waals surface area (Å²) in [6, 6.07) is 7.81. The van der Waals surface area contributed by atoms with Crippen LogP contribution in [-0.2, 0) is 0 Å². The number of likely N-dealkylation sites (tertiary alicyclic amines) is 1. The number of nitrogens with zero attached hydrogens (tertiary/aromatic N) is 3. The number of aryl methyl sites for hydroxylation is 1. The Morgan fingerprint density at radius 3 is 2.91 bits per heavy atom. The van der Waals surface area contributed by atoms with E-state index in [1.165, 1.54) is 25.9 Å². The van der Waals surface area contributed by atoms with Crippen LogP contribution in [0.4, 0.5) is 17.5 Å². The van der Waals surface area contributed by atoms with E-state index in [4.69, 9.17) is 10.5 Å². The standard InChI is InChI=1S/C17H23N5O/c1-13-12-19-17(21-16(13)18)20-14-5-4-6-15(11-14)23-10-9-22-7-2-3-8-22/h4-6,11-12H,2-3,7-10H2,1H3,(H3,18,19,20,21). The molecular formula is C17H23N5O. The van der Waals surface area contributed by atoms with E-state index in [-0.39, 0.29) is 0 Å². The van der Waals surface area contributed by atoms with Crippen molar-refractivity contribution in [3.8, 4) is 5.75 Å². The number of anilines is 3. The highest BCUT2D eigenvalue weighted by Crippen LogP contribution is 2.20. The molecule has 0 aliphatic carbocycles. The average molecular weight is 313 g/mol. The van der Waals surface area contributed by atoms with Gasteiger partial charge in [0, 0.05) is 30.1 Å². The number of ether oxygens (including phenoxy) is 1. The number of aromatic nitrogens is 2. The molecule has 0 radical (unpaired) electrons. The van der Waals surface area contributed by atoms with Crippen LogP contribution < -0.4 is 15.8 Å². The molecule has 2 aromatic rings. The zero-order chi connectivity index (χ0) is 16.1. The monoisotopic (exact) mass is 313 g/mol. The topological polar surface area (TPSA) is 76.3 Å². The summed E-state index contributed by atoms with van der Waals surface area (Å²) in [6.07, 6.45) is 4.32. The van der Waals surface area contributed by atoms with Gasteiger partial charge in [-0.15, -0.1) is 0 Å². The second kappa shape index (κ2) is 7.28. The Bertz CT molecular complexity index is 655. The molecule has 1 aliphatic heterocycles. The normalized spacial score (nSPS) is 14.8. The zero-order valence-corrected chi connectivity index (χ0v) is 13.5. The molecular weight excluding hydrogens is 290 g/mol. The first-order valence-electron chi connectivity index (χ1n) is 8.02. The Morgan fingerprint density at radius 1 is 1.30 bits per heavy atom. The van der Waals surface area contributed by atoms with Crippen LogP contribution in [0.3, 0.4) is 0 Å². The summed E-state index contributed by atoms with van der Waals surface area (Å²) in [5, 5.41) is 3.15. The van der Waals surface area contributed by atoms with Gasteiger partial charge in [0.1, 0.15) is 18.2 Å². The molecule has 0 amide bonds. The second-order valence-corrected chi connectivity index (χ2v) is 5.81. The van der Waals surface area contributed by atoms with Crippen LogP contribution in [0, 0.1) is 6.92 Å². The van der Waals surface area contributed by atoms with Gasteiger partial charge in [-0.25, -0.2) is 4.98 Å². The van der Waals surface area contributed by atoms with Gasteiger partial charge in [0.25, 0.3) is 0 Å². The predicted molar refractivity (Wildman–Crippen MR) is 92.1 cm³/mol. The van der Waals surface area contributed by atoms with Crippen molar-refractivity contribution >= 4 is 17.5 Å². The number of benzene rings is 1. The highest BCUT2D eigenvalue weighted by atomic mass is 16.5. The van der Waals surface area contributed by atoms with Gasteiger partial charge in [-0.05, 0) is 45.0 Å². The highest BCUT2D eigenvalue weighted by Gasteiger charge is 2.10. The molecule has 1 saturated heterocycles. The molecule has 0 atom stereocenters. The van der Waals surface area contributed by atoms with Crippen LogP contribution >= 0.6 is 0 Å². The Kier molecular flexibility index (Phi) is 4.92. The lowest BCUT2D eigenvalue weighted by Crippen LogP contribution is -2.25. The third-order valence-electron chi connectivity index (χ3n) is 3.98. The van der Waals surface area contributed by atoms with Crippen LogP contribution in [0.2, 0.25) is 0 Å². The molecule has 0 bridgehead atoms. The molecule has 0 saturated carbocycles. The van der Waals surface area contributed by atoms with Gasteiger partial charge >= 0.3 is 0 Å². The SMILES string of the molecule is Cc1cnc(Nc2cccc(OCCN3CCCC3)c2)nc1N. The van der Waals surface area contributed by atoms with E-state index in [1.54, 1.807) is 6.20 Å². The molecule has 2 heterocycles. The van der Waals surface area contributed by atoms with Gasteiger partial charge < -0.3 is 15.8 Å².